The number of sulfonamides is 1. The molecular weight excluding hydrogens is 420 g/mol. The molecule has 3 rings (SSSR count). The lowest BCUT2D eigenvalue weighted by molar-refractivity contribution is 0.0609. The van der Waals surface area contributed by atoms with Gasteiger partial charge in [0.15, 0.2) is 0 Å². The molecule has 9 nitrogen and oxygen atoms in total. The number of carbonyl (C=O) groups is 3. The topological polar surface area (TPSA) is 116 Å². The Bertz CT molecular complexity index is 1010. The third kappa shape index (κ3) is 4.59. The van der Waals surface area contributed by atoms with E-state index in [2.05, 4.69) is 10.0 Å². The number of carbonyl (C=O) groups excluding carboxylic acids is 3. The molecule has 0 saturated carbocycles. The monoisotopic (exact) mass is 450 g/mol. The van der Waals surface area contributed by atoms with Crippen molar-refractivity contribution in [3.8, 4) is 0 Å². The van der Waals surface area contributed by atoms with E-state index in [9.17, 15) is 22.8 Å². The first kappa shape index (κ1) is 23.2. The molecule has 1 aromatic rings. The molecule has 0 unspecified atom stereocenters. The van der Waals surface area contributed by atoms with Gasteiger partial charge in [-0.3, -0.25) is 14.5 Å². The number of imide groups is 1. The van der Waals surface area contributed by atoms with Gasteiger partial charge in [0.25, 0.3) is 11.8 Å². The van der Waals surface area contributed by atoms with Crippen molar-refractivity contribution in [1.82, 2.24) is 14.5 Å². The van der Waals surface area contributed by atoms with Gasteiger partial charge in [-0.1, -0.05) is 0 Å². The number of piperidine rings is 1. The molecule has 2 N–H and O–H groups in total. The average molecular weight is 451 g/mol. The van der Waals surface area contributed by atoms with Gasteiger partial charge in [-0.15, -0.1) is 0 Å². The van der Waals surface area contributed by atoms with Crippen LogP contribution in [0.3, 0.4) is 0 Å². The summed E-state index contributed by atoms with van der Waals surface area (Å²) in [5.41, 5.74) is 1.06. The molecule has 0 radical (unpaired) electrons. The summed E-state index contributed by atoms with van der Waals surface area (Å²) in [6.45, 7) is 9.30. The van der Waals surface area contributed by atoms with Crippen LogP contribution in [-0.4, -0.2) is 66.0 Å². The first-order valence-electron chi connectivity index (χ1n) is 10.4. The van der Waals surface area contributed by atoms with Crippen molar-refractivity contribution in [2.24, 2.45) is 0 Å². The molecule has 2 aliphatic rings. The fraction of sp³-hybridized carbons (Fsp3) is 0.571. The van der Waals surface area contributed by atoms with Crippen LogP contribution in [0.1, 0.15) is 68.2 Å². The van der Waals surface area contributed by atoms with Crippen LogP contribution in [0.2, 0.25) is 0 Å². The highest BCUT2D eigenvalue weighted by atomic mass is 32.2. The Kier molecular flexibility index (Phi) is 6.16. The van der Waals surface area contributed by atoms with Crippen molar-refractivity contribution in [3.63, 3.8) is 0 Å². The summed E-state index contributed by atoms with van der Waals surface area (Å²) >= 11 is 0. The molecular formula is C21H30N4O5S. The number of amides is 4. The summed E-state index contributed by atoms with van der Waals surface area (Å²) in [6.07, 6.45) is 1.03. The van der Waals surface area contributed by atoms with E-state index >= 15 is 0 Å². The predicted molar refractivity (Wildman–Crippen MR) is 118 cm³/mol. The van der Waals surface area contributed by atoms with E-state index in [0.29, 0.717) is 37.2 Å². The van der Waals surface area contributed by atoms with Gasteiger partial charge >= 0.3 is 6.03 Å². The molecule has 0 aliphatic carbocycles. The average Bonchev–Trinajstić information content (AvgIpc) is 2.91. The highest BCUT2D eigenvalue weighted by molar-refractivity contribution is 7.90. The standard InChI is InChI=1S/C21H30N4O5S/c1-13(2)25-18(26)16-7-6-15(12-17(16)19(25)27)22-20(28)24-10-8-14(9-11-24)23-31(29,30)21(3,4)5/h6-7,12-14,23H,8-11H2,1-5H3,(H,22,28). The third-order valence-corrected chi connectivity index (χ3v) is 7.85. The van der Waals surface area contributed by atoms with E-state index in [1.807, 2.05) is 0 Å². The number of anilines is 1. The molecule has 1 aromatic carbocycles. The number of urea groups is 1. The van der Waals surface area contributed by atoms with E-state index in [1.54, 1.807) is 51.7 Å². The second-order valence-electron chi connectivity index (χ2n) is 9.26. The molecule has 2 aliphatic heterocycles. The molecule has 0 aromatic heterocycles. The van der Waals surface area contributed by atoms with Crippen molar-refractivity contribution < 1.29 is 22.8 Å². The zero-order chi connectivity index (χ0) is 23.1. The van der Waals surface area contributed by atoms with Gasteiger partial charge in [-0.05, 0) is 65.7 Å². The van der Waals surface area contributed by atoms with Crippen LogP contribution in [0.4, 0.5) is 10.5 Å². The van der Waals surface area contributed by atoms with E-state index in [0.717, 1.165) is 0 Å². The maximum atomic E-state index is 12.7. The lowest BCUT2D eigenvalue weighted by Crippen LogP contribution is -2.50. The smallest absolute Gasteiger partial charge is 0.321 e. The fourth-order valence-corrected chi connectivity index (χ4v) is 4.63. The normalized spacial score (nSPS) is 18.0. The van der Waals surface area contributed by atoms with Crippen molar-refractivity contribution >= 4 is 33.6 Å². The first-order valence-corrected chi connectivity index (χ1v) is 11.9. The van der Waals surface area contributed by atoms with Gasteiger partial charge < -0.3 is 10.2 Å². The summed E-state index contributed by atoms with van der Waals surface area (Å²) in [5, 5.41) is 2.77. The van der Waals surface area contributed by atoms with Crippen LogP contribution < -0.4 is 10.0 Å². The van der Waals surface area contributed by atoms with Crippen molar-refractivity contribution in [3.05, 3.63) is 29.3 Å². The minimum absolute atomic E-state index is 0.209. The number of rotatable bonds is 4. The van der Waals surface area contributed by atoms with Gasteiger partial charge in [0.1, 0.15) is 0 Å². The van der Waals surface area contributed by atoms with E-state index in [4.69, 9.17) is 0 Å². The predicted octanol–water partition coefficient (Wildman–Crippen LogP) is 2.41. The Balaban J connectivity index is 1.61. The van der Waals surface area contributed by atoms with Crippen LogP contribution in [0.15, 0.2) is 18.2 Å². The second-order valence-corrected chi connectivity index (χ2v) is 11.7. The van der Waals surface area contributed by atoms with Gasteiger partial charge in [0.05, 0.1) is 15.9 Å². The van der Waals surface area contributed by atoms with Crippen molar-refractivity contribution in [2.75, 3.05) is 18.4 Å². The number of fused-ring (bicyclic) bond motifs is 1. The van der Waals surface area contributed by atoms with Crippen LogP contribution in [0.5, 0.6) is 0 Å². The van der Waals surface area contributed by atoms with Crippen LogP contribution >= 0.6 is 0 Å². The first-order chi connectivity index (χ1) is 14.3. The maximum absolute atomic E-state index is 12.7. The van der Waals surface area contributed by atoms with Crippen LogP contribution in [0, 0.1) is 0 Å². The Hall–Kier alpha value is -2.46. The lowest BCUT2D eigenvalue weighted by Gasteiger charge is -2.33. The minimum atomic E-state index is -3.44. The highest BCUT2D eigenvalue weighted by Crippen LogP contribution is 2.27. The maximum Gasteiger partial charge on any atom is 0.321 e. The molecule has 1 saturated heterocycles. The summed E-state index contributed by atoms with van der Waals surface area (Å²) in [7, 11) is -3.44. The third-order valence-electron chi connectivity index (χ3n) is 5.60. The number of hydrogen-bond acceptors (Lipinski definition) is 5. The Morgan fingerprint density at radius 3 is 2.19 bits per heavy atom. The number of nitrogens with one attached hydrogen (secondary N) is 2. The van der Waals surface area contributed by atoms with Crippen molar-refractivity contribution in [1.29, 1.82) is 0 Å². The zero-order valence-electron chi connectivity index (χ0n) is 18.6. The summed E-state index contributed by atoms with van der Waals surface area (Å²) in [6, 6.07) is 3.91. The molecule has 4 amide bonds. The fourth-order valence-electron chi connectivity index (χ4n) is 3.61. The molecule has 1 fully saturated rings. The Labute approximate surface area is 183 Å². The highest BCUT2D eigenvalue weighted by Gasteiger charge is 2.37. The molecule has 0 bridgehead atoms. The van der Waals surface area contributed by atoms with Gasteiger partial charge in [0.2, 0.25) is 10.0 Å². The quantitative estimate of drug-likeness (QED) is 0.684. The number of nitrogens with zero attached hydrogens (tertiary/aromatic N) is 2. The van der Waals surface area contributed by atoms with E-state index in [1.165, 1.54) is 11.0 Å². The van der Waals surface area contributed by atoms with Gasteiger partial charge in [-0.25, -0.2) is 17.9 Å². The van der Waals surface area contributed by atoms with Crippen molar-refractivity contribution in [2.45, 2.75) is 64.3 Å². The number of likely N-dealkylation sites (tertiary alicyclic amines) is 1. The zero-order valence-corrected chi connectivity index (χ0v) is 19.4. The van der Waals surface area contributed by atoms with Gasteiger partial charge in [-0.2, -0.15) is 0 Å². The summed E-state index contributed by atoms with van der Waals surface area (Å²) in [4.78, 5) is 40.4. The molecule has 0 atom stereocenters. The molecule has 31 heavy (non-hydrogen) atoms. The summed E-state index contributed by atoms with van der Waals surface area (Å²) in [5.74, 6) is -0.689. The lowest BCUT2D eigenvalue weighted by atomic mass is 10.1. The second kappa shape index (κ2) is 8.23. The number of benzene rings is 1. The molecule has 10 heteroatoms. The summed E-state index contributed by atoms with van der Waals surface area (Å²) < 4.78 is 26.5. The molecule has 170 valence electrons. The minimum Gasteiger partial charge on any atom is -0.324 e. The molecule has 0 spiro atoms. The molecule has 2 heterocycles. The SMILES string of the molecule is CC(C)N1C(=O)c2ccc(NC(=O)N3CCC(NS(=O)(=O)C(C)(C)C)CC3)cc2C1=O. The number of hydrogen-bond donors (Lipinski definition) is 2. The van der Waals surface area contributed by atoms with Gasteiger partial charge in [0, 0.05) is 30.9 Å². The van der Waals surface area contributed by atoms with E-state index in [-0.39, 0.29) is 35.5 Å². The van der Waals surface area contributed by atoms with E-state index < -0.39 is 14.8 Å². The largest absolute Gasteiger partial charge is 0.324 e. The van der Waals surface area contributed by atoms with Crippen LogP contribution in [0.25, 0.3) is 0 Å². The Morgan fingerprint density at radius 1 is 1.06 bits per heavy atom. The Morgan fingerprint density at radius 2 is 1.65 bits per heavy atom. The van der Waals surface area contributed by atoms with Crippen LogP contribution in [-0.2, 0) is 10.0 Å².